The van der Waals surface area contributed by atoms with Gasteiger partial charge in [-0.3, -0.25) is 19.2 Å². The second-order valence-electron chi connectivity index (χ2n) is 25.6. The lowest BCUT2D eigenvalue weighted by molar-refractivity contribution is -0.134. The molecule has 0 radical (unpaired) electrons. The van der Waals surface area contributed by atoms with Crippen LogP contribution < -0.4 is 0 Å². The molecule has 0 aliphatic carbocycles. The minimum absolute atomic E-state index is 0.141. The molecule has 0 aromatic heterocycles. The molecule has 0 N–H and O–H groups in total. The largest absolute Gasteiger partial charge is 0.342 e. The van der Waals surface area contributed by atoms with E-state index in [1.165, 1.54) is 41.5 Å². The predicted molar refractivity (Wildman–Crippen MR) is 308 cm³/mol. The Morgan fingerprint density at radius 3 is 0.676 bits per heavy atom. The maximum atomic E-state index is 12.4. The average Bonchev–Trinajstić information content (AvgIpc) is 3.74. The second kappa shape index (κ2) is 27.5. The number of carbonyl (C=O) groups is 4. The average molecular weight is 1010 g/mol. The molecule has 4 aromatic carbocycles. The van der Waals surface area contributed by atoms with Gasteiger partial charge in [-0.2, -0.15) is 0 Å². The Kier molecular flexibility index (Phi) is 22.2. The van der Waals surface area contributed by atoms with Crippen molar-refractivity contribution < 1.29 is 19.2 Å². The Balaban J connectivity index is 0.000000183. The molecule has 0 unspecified atom stereocenters. The van der Waals surface area contributed by atoms with Gasteiger partial charge in [-0.05, 0) is 118 Å². The maximum Gasteiger partial charge on any atom is 0.226 e. The number of carbonyl (C=O) groups excluding carboxylic acids is 4. The Labute approximate surface area is 449 Å². The van der Waals surface area contributed by atoms with Gasteiger partial charge in [-0.15, -0.1) is 0 Å². The van der Waals surface area contributed by atoms with Crippen LogP contribution in [0.15, 0.2) is 97.1 Å². The first-order valence-electron chi connectivity index (χ1n) is 28.4. The third kappa shape index (κ3) is 19.8. The molecule has 4 fully saturated rings. The highest BCUT2D eigenvalue weighted by Crippen LogP contribution is 2.27. The molecule has 4 saturated heterocycles. The van der Waals surface area contributed by atoms with Crippen LogP contribution in [0.1, 0.15) is 192 Å². The van der Waals surface area contributed by atoms with Crippen molar-refractivity contribution in [2.75, 3.05) is 52.4 Å². The summed E-state index contributed by atoms with van der Waals surface area (Å²) in [7, 11) is 0. The highest BCUT2D eigenvalue weighted by Gasteiger charge is 2.24. The van der Waals surface area contributed by atoms with Crippen molar-refractivity contribution in [1.82, 2.24) is 19.6 Å². The van der Waals surface area contributed by atoms with Crippen LogP contribution in [0.3, 0.4) is 0 Å². The minimum Gasteiger partial charge on any atom is -0.342 e. The van der Waals surface area contributed by atoms with Gasteiger partial charge in [0.15, 0.2) is 0 Å². The van der Waals surface area contributed by atoms with Crippen molar-refractivity contribution in [2.45, 2.75) is 195 Å². The number of likely N-dealkylation sites (tertiary alicyclic amines) is 4. The summed E-state index contributed by atoms with van der Waals surface area (Å²) in [5.74, 6) is 1.12. The molecule has 8 nitrogen and oxygen atoms in total. The fourth-order valence-corrected chi connectivity index (χ4v) is 9.73. The van der Waals surface area contributed by atoms with Crippen LogP contribution in [-0.2, 0) is 66.5 Å². The Bertz CT molecular complexity index is 2400. The summed E-state index contributed by atoms with van der Waals surface area (Å²) in [6.07, 6.45) is 14.1. The molecular formula is C66H96N4O4. The van der Waals surface area contributed by atoms with E-state index in [4.69, 9.17) is 0 Å². The molecule has 4 amide bonds. The van der Waals surface area contributed by atoms with E-state index in [0.29, 0.717) is 25.7 Å². The van der Waals surface area contributed by atoms with Crippen LogP contribution in [0.2, 0.25) is 0 Å². The van der Waals surface area contributed by atoms with E-state index in [2.05, 4.69) is 179 Å². The van der Waals surface area contributed by atoms with Gasteiger partial charge in [0.05, 0.1) is 25.7 Å². The molecule has 4 aliphatic heterocycles. The Morgan fingerprint density at radius 2 is 0.486 bits per heavy atom. The van der Waals surface area contributed by atoms with E-state index in [0.717, 1.165) is 120 Å². The molecule has 404 valence electrons. The highest BCUT2D eigenvalue weighted by molar-refractivity contribution is 5.80. The second-order valence-corrected chi connectivity index (χ2v) is 25.6. The summed E-state index contributed by atoms with van der Waals surface area (Å²) in [5.41, 5.74) is 10.3. The predicted octanol–water partition coefficient (Wildman–Crippen LogP) is 13.4. The van der Waals surface area contributed by atoms with E-state index >= 15 is 0 Å². The highest BCUT2D eigenvalue weighted by atomic mass is 16.2. The lowest BCUT2D eigenvalue weighted by atomic mass is 9.86. The minimum atomic E-state index is 0.141. The van der Waals surface area contributed by atoms with Gasteiger partial charge >= 0.3 is 0 Å². The molecule has 8 rings (SSSR count). The topological polar surface area (TPSA) is 81.2 Å². The Hall–Kier alpha value is -5.24. The first kappa shape index (κ1) is 59.6. The molecule has 0 saturated carbocycles. The van der Waals surface area contributed by atoms with Crippen LogP contribution in [0.25, 0.3) is 0 Å². The van der Waals surface area contributed by atoms with Crippen molar-refractivity contribution in [3.63, 3.8) is 0 Å². The van der Waals surface area contributed by atoms with E-state index in [-0.39, 0.29) is 45.3 Å². The van der Waals surface area contributed by atoms with Gasteiger partial charge in [-0.1, -0.05) is 193 Å². The first-order valence-corrected chi connectivity index (χ1v) is 28.4. The first-order chi connectivity index (χ1) is 34.9. The quantitative estimate of drug-likeness (QED) is 0.176. The number of piperidine rings is 1. The van der Waals surface area contributed by atoms with Crippen molar-refractivity contribution >= 4 is 23.6 Å². The monoisotopic (exact) mass is 1010 g/mol. The summed E-state index contributed by atoms with van der Waals surface area (Å²) in [4.78, 5) is 56.6. The Morgan fingerprint density at radius 1 is 0.297 bits per heavy atom. The summed E-state index contributed by atoms with van der Waals surface area (Å²) >= 11 is 0. The third-order valence-electron chi connectivity index (χ3n) is 14.9. The normalized spacial score (nSPS) is 16.3. The standard InChI is InChI=1S/C18H27NO.C17H25NO.C16H23NO.C15H21NO/c1-18(2,3)16-10-8-9-15(13-16)14-17(20)19-11-6-4-5-7-12-19;1-17(2,3)15-9-7-8-14(12-15)13-16(19)18-10-5-4-6-11-18;1-16(2,3)14-8-6-7-13(11-14)12-15(18)17-9-4-5-10-17;1-15(2,3)13-7-4-6-12(10-13)11-14(17)16-8-5-9-16/h8-10,13H,4-7,11-12,14H2,1-3H3;7-9,12H,4-6,10-11,13H2,1-3H3;6-8,11H,4-5,9-10,12H2,1-3H3;4,6-7,10H,5,8-9,11H2,1-3H3. The van der Waals surface area contributed by atoms with Crippen LogP contribution in [0.5, 0.6) is 0 Å². The third-order valence-corrected chi connectivity index (χ3v) is 14.9. The van der Waals surface area contributed by atoms with Gasteiger partial charge in [0.1, 0.15) is 0 Å². The van der Waals surface area contributed by atoms with Crippen LogP contribution in [0.4, 0.5) is 0 Å². The zero-order valence-corrected chi connectivity index (χ0v) is 48.2. The summed E-state index contributed by atoms with van der Waals surface area (Å²) in [6, 6.07) is 33.8. The molecule has 0 spiro atoms. The molecule has 4 aliphatic rings. The number of benzene rings is 4. The number of hydrogen-bond acceptors (Lipinski definition) is 4. The van der Waals surface area contributed by atoms with Crippen LogP contribution in [-0.4, -0.2) is 95.6 Å². The van der Waals surface area contributed by atoms with Crippen molar-refractivity contribution in [1.29, 1.82) is 0 Å². The van der Waals surface area contributed by atoms with E-state index in [1.807, 2.05) is 20.8 Å². The smallest absolute Gasteiger partial charge is 0.226 e. The number of nitrogens with zero attached hydrogens (tertiary/aromatic N) is 4. The molecular weight excluding hydrogens is 913 g/mol. The van der Waals surface area contributed by atoms with Gasteiger partial charge in [0, 0.05) is 52.4 Å². The van der Waals surface area contributed by atoms with E-state index < -0.39 is 0 Å². The molecule has 4 aromatic rings. The molecule has 74 heavy (non-hydrogen) atoms. The summed E-state index contributed by atoms with van der Waals surface area (Å²) in [5, 5.41) is 0. The van der Waals surface area contributed by atoms with E-state index in [1.54, 1.807) is 0 Å². The summed E-state index contributed by atoms with van der Waals surface area (Å²) < 4.78 is 0. The molecule has 0 bridgehead atoms. The number of hydrogen-bond donors (Lipinski definition) is 0. The molecule has 4 heterocycles. The van der Waals surface area contributed by atoms with Gasteiger partial charge in [0.2, 0.25) is 23.6 Å². The van der Waals surface area contributed by atoms with Crippen molar-refractivity contribution in [3.05, 3.63) is 142 Å². The summed E-state index contributed by atoms with van der Waals surface area (Å²) in [6.45, 7) is 34.0. The zero-order valence-electron chi connectivity index (χ0n) is 48.2. The van der Waals surface area contributed by atoms with Crippen LogP contribution in [0, 0.1) is 0 Å². The fraction of sp³-hybridized carbons (Fsp3) is 0.576. The molecule has 0 atom stereocenters. The van der Waals surface area contributed by atoms with Gasteiger partial charge in [-0.25, -0.2) is 0 Å². The van der Waals surface area contributed by atoms with Crippen molar-refractivity contribution in [2.24, 2.45) is 0 Å². The van der Waals surface area contributed by atoms with Gasteiger partial charge in [0.25, 0.3) is 0 Å². The lowest BCUT2D eigenvalue weighted by Crippen LogP contribution is -2.42. The van der Waals surface area contributed by atoms with Gasteiger partial charge < -0.3 is 19.6 Å². The number of rotatable bonds is 8. The van der Waals surface area contributed by atoms with Crippen molar-refractivity contribution in [3.8, 4) is 0 Å². The van der Waals surface area contributed by atoms with E-state index in [9.17, 15) is 19.2 Å². The zero-order chi connectivity index (χ0) is 54.1. The van der Waals surface area contributed by atoms with Crippen LogP contribution >= 0.6 is 0 Å². The lowest BCUT2D eigenvalue weighted by Gasteiger charge is -2.31. The number of amides is 4. The SMILES string of the molecule is CC(C)(C)c1cccc(CC(=O)N2CCC2)c1.CC(C)(C)c1cccc(CC(=O)N2CCCC2)c1.CC(C)(C)c1cccc(CC(=O)N2CCCCC2)c1.CC(C)(C)c1cccc(CC(=O)N2CCCCCC2)c1. The molecule has 8 heteroatoms. The maximum absolute atomic E-state index is 12.4. The fourth-order valence-electron chi connectivity index (χ4n) is 9.73.